The van der Waals surface area contributed by atoms with Crippen LogP contribution in [0.3, 0.4) is 0 Å². The lowest BCUT2D eigenvalue weighted by Crippen LogP contribution is -2.34. The molecule has 1 heterocycles. The Labute approximate surface area is 163 Å². The molecule has 28 heavy (non-hydrogen) atoms. The van der Waals surface area contributed by atoms with Crippen LogP contribution in [0.4, 0.5) is 13.2 Å². The Kier molecular flexibility index (Phi) is 7.88. The highest BCUT2D eigenvalue weighted by Gasteiger charge is 2.36. The van der Waals surface area contributed by atoms with E-state index in [0.717, 1.165) is 10.8 Å². The molecular weight excluding hydrogens is 373 g/mol. The van der Waals surface area contributed by atoms with Gasteiger partial charge in [0.05, 0.1) is 24.3 Å². The first kappa shape index (κ1) is 23.8. The maximum absolute atomic E-state index is 13.4. The van der Waals surface area contributed by atoms with Crippen LogP contribution in [-0.2, 0) is 15.7 Å². The van der Waals surface area contributed by atoms with Crippen LogP contribution in [-0.4, -0.2) is 42.7 Å². The quantitative estimate of drug-likeness (QED) is 0.562. The lowest BCUT2D eigenvalue weighted by atomic mass is 9.88. The molecule has 1 rings (SSSR count). The van der Waals surface area contributed by atoms with Gasteiger partial charge in [0.25, 0.3) is 5.56 Å². The number of aromatic nitrogens is 1. The molecular formula is C20H27F3N2O3. The van der Waals surface area contributed by atoms with Gasteiger partial charge < -0.3 is 4.74 Å². The number of carbonyl (C=O) groups is 1. The Bertz CT molecular complexity index is 809. The number of ether oxygens (including phenoxy) is 1. The third-order valence-corrected chi connectivity index (χ3v) is 3.70. The molecule has 0 radical (unpaired) electrons. The molecule has 0 aliphatic carbocycles. The van der Waals surface area contributed by atoms with Gasteiger partial charge in [-0.2, -0.15) is 13.2 Å². The maximum Gasteiger partial charge on any atom is 0.417 e. The van der Waals surface area contributed by atoms with Crippen LogP contribution in [0.5, 0.6) is 0 Å². The zero-order valence-electron chi connectivity index (χ0n) is 17.1. The molecule has 0 amide bonds. The molecule has 0 spiro atoms. The van der Waals surface area contributed by atoms with E-state index in [2.05, 4.69) is 11.8 Å². The predicted octanol–water partition coefficient (Wildman–Crippen LogP) is 3.32. The number of pyridine rings is 1. The molecule has 1 unspecified atom stereocenters. The molecule has 5 nitrogen and oxygen atoms in total. The van der Waals surface area contributed by atoms with E-state index < -0.39 is 29.3 Å². The Morgan fingerprint density at radius 1 is 1.29 bits per heavy atom. The first-order valence-corrected chi connectivity index (χ1v) is 8.90. The number of hydrogen-bond donors (Lipinski definition) is 0. The normalized spacial score (nSPS) is 13.1. The number of alkyl halides is 3. The third kappa shape index (κ3) is 7.04. The van der Waals surface area contributed by atoms with Gasteiger partial charge in [-0.3, -0.25) is 14.3 Å². The van der Waals surface area contributed by atoms with Crippen LogP contribution in [0.1, 0.15) is 51.3 Å². The fourth-order valence-electron chi connectivity index (χ4n) is 2.53. The molecule has 0 aliphatic heterocycles. The summed E-state index contributed by atoms with van der Waals surface area (Å²) in [5.41, 5.74) is -2.75. The van der Waals surface area contributed by atoms with Gasteiger partial charge in [-0.25, -0.2) is 4.79 Å². The summed E-state index contributed by atoms with van der Waals surface area (Å²) in [7, 11) is 3.47. The predicted molar refractivity (Wildman–Crippen MR) is 101 cm³/mol. The smallest absolute Gasteiger partial charge is 0.417 e. The average molecular weight is 400 g/mol. The summed E-state index contributed by atoms with van der Waals surface area (Å²) in [4.78, 5) is 26.6. The molecule has 0 saturated heterocycles. The van der Waals surface area contributed by atoms with Gasteiger partial charge >= 0.3 is 12.1 Å². The summed E-state index contributed by atoms with van der Waals surface area (Å²) in [5.74, 6) is 4.47. The van der Waals surface area contributed by atoms with Crippen molar-refractivity contribution in [3.05, 3.63) is 33.7 Å². The number of nitrogens with zero attached hydrogens (tertiary/aromatic N) is 2. The van der Waals surface area contributed by atoms with Gasteiger partial charge in [-0.1, -0.05) is 32.6 Å². The molecule has 0 fully saturated rings. The van der Waals surface area contributed by atoms with Crippen LogP contribution in [0.25, 0.3) is 0 Å². The zero-order valence-corrected chi connectivity index (χ0v) is 17.1. The van der Waals surface area contributed by atoms with E-state index >= 15 is 0 Å². The highest BCUT2D eigenvalue weighted by molar-refractivity contribution is 5.74. The number of hydrogen-bond acceptors (Lipinski definition) is 4. The zero-order chi connectivity index (χ0) is 21.7. The summed E-state index contributed by atoms with van der Waals surface area (Å²) >= 11 is 0. The van der Waals surface area contributed by atoms with Crippen LogP contribution < -0.4 is 5.56 Å². The van der Waals surface area contributed by atoms with Crippen molar-refractivity contribution in [2.45, 2.75) is 46.3 Å². The van der Waals surface area contributed by atoms with E-state index in [9.17, 15) is 22.8 Å². The lowest BCUT2D eigenvalue weighted by molar-refractivity contribution is -0.148. The SMILES string of the molecule is CCOC(=O)C(CC(C)(C)C)n1cc(C#CCN(C)C)c(C(F)(F)F)cc1=O. The Hall–Kier alpha value is -2.27. The van der Waals surface area contributed by atoms with Crippen molar-refractivity contribution in [2.75, 3.05) is 27.2 Å². The third-order valence-electron chi connectivity index (χ3n) is 3.70. The summed E-state index contributed by atoms with van der Waals surface area (Å²) in [6.07, 6.45) is -3.49. The van der Waals surface area contributed by atoms with Crippen molar-refractivity contribution in [1.82, 2.24) is 9.47 Å². The van der Waals surface area contributed by atoms with Crippen molar-refractivity contribution < 1.29 is 22.7 Å². The van der Waals surface area contributed by atoms with Crippen LogP contribution in [0, 0.1) is 17.3 Å². The van der Waals surface area contributed by atoms with Crippen molar-refractivity contribution in [3.63, 3.8) is 0 Å². The highest BCUT2D eigenvalue weighted by Crippen LogP contribution is 2.32. The van der Waals surface area contributed by atoms with Gasteiger partial charge in [0, 0.05) is 12.3 Å². The first-order chi connectivity index (χ1) is 12.8. The standard InChI is InChI=1S/C20H27F3N2O3/c1-7-28-18(27)16(12-19(2,3)4)25-13-14(9-8-10-24(5)6)15(11-17(25)26)20(21,22)23/h11,13,16H,7,10,12H2,1-6H3. The molecule has 0 saturated carbocycles. The van der Waals surface area contributed by atoms with E-state index in [0.29, 0.717) is 6.07 Å². The van der Waals surface area contributed by atoms with E-state index in [1.54, 1.807) is 25.9 Å². The van der Waals surface area contributed by atoms with E-state index in [4.69, 9.17) is 4.74 Å². The van der Waals surface area contributed by atoms with Crippen LogP contribution >= 0.6 is 0 Å². The maximum atomic E-state index is 13.4. The largest absolute Gasteiger partial charge is 0.464 e. The van der Waals surface area contributed by atoms with Crippen molar-refractivity contribution >= 4 is 5.97 Å². The fourth-order valence-corrected chi connectivity index (χ4v) is 2.53. The summed E-state index contributed by atoms with van der Waals surface area (Å²) in [6.45, 7) is 7.58. The number of esters is 1. The summed E-state index contributed by atoms with van der Waals surface area (Å²) in [6, 6.07) is -0.543. The number of carbonyl (C=O) groups excluding carboxylic acids is 1. The molecule has 156 valence electrons. The van der Waals surface area contributed by atoms with Gasteiger partial charge in [-0.15, -0.1) is 0 Å². The molecule has 0 N–H and O–H groups in total. The van der Waals surface area contributed by atoms with E-state index in [-0.39, 0.29) is 30.6 Å². The monoisotopic (exact) mass is 400 g/mol. The average Bonchev–Trinajstić information content (AvgIpc) is 2.52. The van der Waals surface area contributed by atoms with Gasteiger partial charge in [0.1, 0.15) is 6.04 Å². The molecule has 8 heteroatoms. The minimum Gasteiger partial charge on any atom is -0.464 e. The van der Waals surface area contributed by atoms with Gasteiger partial charge in [-0.05, 0) is 32.9 Å². The molecule has 0 aliphatic rings. The minimum absolute atomic E-state index is 0.102. The topological polar surface area (TPSA) is 51.5 Å². The van der Waals surface area contributed by atoms with Crippen molar-refractivity contribution in [2.24, 2.45) is 5.41 Å². The Morgan fingerprint density at radius 2 is 1.89 bits per heavy atom. The van der Waals surface area contributed by atoms with E-state index in [1.807, 2.05) is 20.8 Å². The molecule has 1 aromatic rings. The molecule has 1 aromatic heterocycles. The Morgan fingerprint density at radius 3 is 2.36 bits per heavy atom. The summed E-state index contributed by atoms with van der Waals surface area (Å²) < 4.78 is 46.2. The first-order valence-electron chi connectivity index (χ1n) is 8.90. The number of rotatable bonds is 5. The number of halogens is 3. The highest BCUT2D eigenvalue weighted by atomic mass is 19.4. The van der Waals surface area contributed by atoms with Crippen molar-refractivity contribution in [1.29, 1.82) is 0 Å². The second-order valence-electron chi connectivity index (χ2n) is 7.92. The second kappa shape index (κ2) is 9.28. The van der Waals surface area contributed by atoms with Crippen LogP contribution in [0.2, 0.25) is 0 Å². The summed E-state index contributed by atoms with van der Waals surface area (Å²) in [5, 5.41) is 0. The van der Waals surface area contributed by atoms with Crippen LogP contribution in [0.15, 0.2) is 17.1 Å². The fraction of sp³-hybridized carbons (Fsp3) is 0.600. The van der Waals surface area contributed by atoms with Gasteiger partial charge in [0.15, 0.2) is 0 Å². The minimum atomic E-state index is -4.73. The van der Waals surface area contributed by atoms with E-state index in [1.165, 1.54) is 0 Å². The van der Waals surface area contributed by atoms with Gasteiger partial charge in [0.2, 0.25) is 0 Å². The Balaban J connectivity index is 3.60. The van der Waals surface area contributed by atoms with Crippen molar-refractivity contribution in [3.8, 4) is 11.8 Å². The molecule has 1 atom stereocenters. The second-order valence-corrected chi connectivity index (χ2v) is 7.92. The molecule has 0 aromatic carbocycles. The molecule has 0 bridgehead atoms. The lowest BCUT2D eigenvalue weighted by Gasteiger charge is -2.26.